The van der Waals surface area contributed by atoms with Crippen LogP contribution in [0.4, 0.5) is 0 Å². The summed E-state index contributed by atoms with van der Waals surface area (Å²) in [5, 5.41) is 0.957. The molecular weight excluding hydrogens is 392 g/mol. The number of rotatable bonds is 4. The third kappa shape index (κ3) is 3.30. The van der Waals surface area contributed by atoms with Crippen LogP contribution in [0, 0.1) is 0 Å². The molecule has 1 fully saturated rings. The van der Waals surface area contributed by atoms with Gasteiger partial charge in [0, 0.05) is 49.4 Å². The van der Waals surface area contributed by atoms with Crippen LogP contribution in [0.15, 0.2) is 42.6 Å². The predicted molar refractivity (Wildman–Crippen MR) is 120 cm³/mol. The van der Waals surface area contributed by atoms with Crippen LogP contribution in [0.5, 0.6) is 11.5 Å². The van der Waals surface area contributed by atoms with E-state index in [-0.39, 0.29) is 11.8 Å². The van der Waals surface area contributed by atoms with Crippen molar-refractivity contribution >= 4 is 27.8 Å². The second-order valence-electron chi connectivity index (χ2n) is 8.11. The van der Waals surface area contributed by atoms with E-state index in [1.165, 1.54) is 0 Å². The molecule has 7 heteroatoms. The van der Waals surface area contributed by atoms with Crippen LogP contribution >= 0.6 is 0 Å². The number of hydrogen-bond acceptors (Lipinski definition) is 4. The summed E-state index contributed by atoms with van der Waals surface area (Å²) in [5.74, 6) is 1.64. The molecule has 1 N–H and O–H groups in total. The molecule has 5 rings (SSSR count). The van der Waals surface area contributed by atoms with Crippen LogP contribution in [0.1, 0.15) is 34.9 Å². The maximum atomic E-state index is 13.5. The first-order valence-electron chi connectivity index (χ1n) is 10.5. The molecule has 0 bridgehead atoms. The van der Waals surface area contributed by atoms with Crippen LogP contribution in [0.3, 0.4) is 0 Å². The standard InChI is InChI=1S/C24H26N4O3/c1-27-20-13-23(31-3)22(30-2)11-16(20)10-21(27)24(29)28-9-5-6-15(14-28)18-12-19-17(26-18)7-4-8-25-19/h4,7-8,10-13,15,26H,5-6,9,14H2,1-3H3/t15-/m1/s1. The Hall–Kier alpha value is -3.48. The van der Waals surface area contributed by atoms with Gasteiger partial charge in [-0.25, -0.2) is 0 Å². The Morgan fingerprint density at radius 2 is 1.97 bits per heavy atom. The van der Waals surface area contributed by atoms with Crippen LogP contribution in [0.25, 0.3) is 21.9 Å². The maximum absolute atomic E-state index is 13.5. The Bertz CT molecular complexity index is 1240. The van der Waals surface area contributed by atoms with Crippen LogP contribution < -0.4 is 9.47 Å². The van der Waals surface area contributed by atoms with E-state index in [9.17, 15) is 4.79 Å². The molecule has 1 aromatic carbocycles. The number of carbonyl (C=O) groups excluding carboxylic acids is 1. The highest BCUT2D eigenvalue weighted by molar-refractivity contribution is 5.99. The topological polar surface area (TPSA) is 72.4 Å². The van der Waals surface area contributed by atoms with Crippen molar-refractivity contribution in [3.63, 3.8) is 0 Å². The molecule has 4 heterocycles. The van der Waals surface area contributed by atoms with Crippen molar-refractivity contribution in [1.82, 2.24) is 19.4 Å². The normalized spacial score (nSPS) is 16.7. The number of carbonyl (C=O) groups is 1. The first-order valence-corrected chi connectivity index (χ1v) is 10.5. The Kier molecular flexibility index (Phi) is 4.81. The third-order valence-electron chi connectivity index (χ3n) is 6.33. The summed E-state index contributed by atoms with van der Waals surface area (Å²) in [4.78, 5) is 23.4. The molecule has 1 saturated heterocycles. The fourth-order valence-electron chi connectivity index (χ4n) is 4.64. The number of aromatic amines is 1. The summed E-state index contributed by atoms with van der Waals surface area (Å²) in [7, 11) is 5.16. The smallest absolute Gasteiger partial charge is 0.270 e. The van der Waals surface area contributed by atoms with E-state index < -0.39 is 0 Å². The average molecular weight is 418 g/mol. The van der Waals surface area contributed by atoms with Crippen molar-refractivity contribution in [2.75, 3.05) is 27.3 Å². The van der Waals surface area contributed by atoms with Gasteiger partial charge in [-0.05, 0) is 43.2 Å². The number of hydrogen-bond donors (Lipinski definition) is 1. The molecule has 1 aliphatic rings. The molecule has 0 aliphatic carbocycles. The van der Waals surface area contributed by atoms with Crippen molar-refractivity contribution in [2.45, 2.75) is 18.8 Å². The van der Waals surface area contributed by atoms with Gasteiger partial charge in [0.15, 0.2) is 11.5 Å². The zero-order valence-corrected chi connectivity index (χ0v) is 18.0. The molecule has 0 radical (unpaired) electrons. The van der Waals surface area contributed by atoms with E-state index in [2.05, 4.69) is 16.0 Å². The number of fused-ring (bicyclic) bond motifs is 2. The number of amides is 1. The zero-order valence-electron chi connectivity index (χ0n) is 18.0. The van der Waals surface area contributed by atoms with Crippen molar-refractivity contribution < 1.29 is 14.3 Å². The number of H-pyrrole nitrogens is 1. The molecular formula is C24H26N4O3. The summed E-state index contributed by atoms with van der Waals surface area (Å²) >= 11 is 0. The van der Waals surface area contributed by atoms with E-state index >= 15 is 0 Å². The molecule has 1 atom stereocenters. The van der Waals surface area contributed by atoms with Crippen molar-refractivity contribution in [1.29, 1.82) is 0 Å². The maximum Gasteiger partial charge on any atom is 0.270 e. The highest BCUT2D eigenvalue weighted by Gasteiger charge is 2.28. The molecule has 4 aromatic rings. The van der Waals surface area contributed by atoms with Gasteiger partial charge in [0.2, 0.25) is 0 Å². The fourth-order valence-corrected chi connectivity index (χ4v) is 4.64. The predicted octanol–water partition coefficient (Wildman–Crippen LogP) is 4.09. The van der Waals surface area contributed by atoms with Gasteiger partial charge < -0.3 is 23.9 Å². The molecule has 160 valence electrons. The summed E-state index contributed by atoms with van der Waals surface area (Å²) in [6, 6.07) is 11.9. The Morgan fingerprint density at radius 3 is 2.74 bits per heavy atom. The van der Waals surface area contributed by atoms with Gasteiger partial charge in [-0.2, -0.15) is 0 Å². The summed E-state index contributed by atoms with van der Waals surface area (Å²) in [6.45, 7) is 1.46. The molecule has 1 amide bonds. The minimum Gasteiger partial charge on any atom is -0.493 e. The lowest BCUT2D eigenvalue weighted by atomic mass is 9.94. The number of pyridine rings is 1. The molecule has 0 unspecified atom stereocenters. The van der Waals surface area contributed by atoms with Gasteiger partial charge >= 0.3 is 0 Å². The number of likely N-dealkylation sites (tertiary alicyclic amines) is 1. The van der Waals surface area contributed by atoms with E-state index in [1.54, 1.807) is 20.4 Å². The Labute approximate surface area is 180 Å². The van der Waals surface area contributed by atoms with Crippen molar-refractivity contribution in [3.05, 3.63) is 54.0 Å². The zero-order chi connectivity index (χ0) is 21.5. The minimum absolute atomic E-state index is 0.0515. The lowest BCUT2D eigenvalue weighted by Gasteiger charge is -2.32. The number of aryl methyl sites for hydroxylation is 1. The monoisotopic (exact) mass is 418 g/mol. The summed E-state index contributed by atoms with van der Waals surface area (Å²) in [5.41, 5.74) is 4.77. The van der Waals surface area contributed by atoms with Gasteiger partial charge in [-0.1, -0.05) is 0 Å². The quantitative estimate of drug-likeness (QED) is 0.542. The first kappa shape index (κ1) is 19.5. The van der Waals surface area contributed by atoms with E-state index in [4.69, 9.17) is 9.47 Å². The van der Waals surface area contributed by atoms with Crippen LogP contribution in [0.2, 0.25) is 0 Å². The van der Waals surface area contributed by atoms with Gasteiger partial charge in [-0.15, -0.1) is 0 Å². The second-order valence-corrected chi connectivity index (χ2v) is 8.11. The number of piperidine rings is 1. The number of aromatic nitrogens is 3. The summed E-state index contributed by atoms with van der Waals surface area (Å²) in [6.07, 6.45) is 3.84. The number of nitrogens with zero attached hydrogens (tertiary/aromatic N) is 3. The average Bonchev–Trinajstić information content (AvgIpc) is 3.39. The number of benzene rings is 1. The van der Waals surface area contributed by atoms with Gasteiger partial charge in [-0.3, -0.25) is 9.78 Å². The van der Waals surface area contributed by atoms with Gasteiger partial charge in [0.25, 0.3) is 5.91 Å². The summed E-state index contributed by atoms with van der Waals surface area (Å²) < 4.78 is 12.8. The van der Waals surface area contributed by atoms with E-state index in [1.807, 2.05) is 46.8 Å². The molecule has 31 heavy (non-hydrogen) atoms. The Balaban J connectivity index is 1.44. The highest BCUT2D eigenvalue weighted by Crippen LogP contribution is 2.34. The fraction of sp³-hybridized carbons (Fsp3) is 0.333. The van der Waals surface area contributed by atoms with Crippen molar-refractivity contribution in [3.8, 4) is 11.5 Å². The largest absolute Gasteiger partial charge is 0.493 e. The van der Waals surface area contributed by atoms with Crippen LogP contribution in [-0.4, -0.2) is 52.7 Å². The third-order valence-corrected chi connectivity index (χ3v) is 6.33. The molecule has 1 aliphatic heterocycles. The molecule has 3 aromatic heterocycles. The molecule has 7 nitrogen and oxygen atoms in total. The SMILES string of the molecule is COc1cc2cc(C(=O)N3CCC[C@@H](c4cc5ncccc5[nH]4)C3)n(C)c2cc1OC. The highest BCUT2D eigenvalue weighted by atomic mass is 16.5. The van der Waals surface area contributed by atoms with Crippen molar-refractivity contribution in [2.24, 2.45) is 7.05 Å². The van der Waals surface area contributed by atoms with E-state index in [0.717, 1.165) is 47.0 Å². The molecule has 0 saturated carbocycles. The van der Waals surface area contributed by atoms with E-state index in [0.29, 0.717) is 23.7 Å². The number of methoxy groups -OCH3 is 2. The lowest BCUT2D eigenvalue weighted by Crippen LogP contribution is -2.39. The first-order chi connectivity index (χ1) is 15.1. The second kappa shape index (κ2) is 7.65. The number of nitrogens with one attached hydrogen (secondary N) is 1. The molecule has 0 spiro atoms. The Morgan fingerprint density at radius 1 is 1.16 bits per heavy atom. The van der Waals surface area contributed by atoms with Gasteiger partial charge in [0.1, 0.15) is 5.69 Å². The van der Waals surface area contributed by atoms with Gasteiger partial charge in [0.05, 0.1) is 30.8 Å². The minimum atomic E-state index is 0.0515. The number of ether oxygens (including phenoxy) is 2. The lowest BCUT2D eigenvalue weighted by molar-refractivity contribution is 0.0697. The van der Waals surface area contributed by atoms with Crippen LogP contribution in [-0.2, 0) is 7.05 Å².